The third-order valence-electron chi connectivity index (χ3n) is 2.36. The van der Waals surface area contributed by atoms with Crippen LogP contribution in [0.25, 0.3) is 0 Å². The number of hydrogen-bond donors (Lipinski definition) is 1. The van der Waals surface area contributed by atoms with Crippen LogP contribution in [0, 0.1) is 6.92 Å². The molecule has 0 aliphatic carbocycles. The normalized spacial score (nSPS) is 16.2. The Morgan fingerprint density at radius 2 is 2.21 bits per heavy atom. The molecule has 2 rings (SSSR count). The predicted octanol–water partition coefficient (Wildman–Crippen LogP) is 2.65. The van der Waals surface area contributed by atoms with E-state index in [4.69, 9.17) is 5.73 Å². The Labute approximate surface area is 87.9 Å². The highest BCUT2D eigenvalue weighted by Crippen LogP contribution is 2.34. The summed E-state index contributed by atoms with van der Waals surface area (Å²) in [6.45, 7) is 1.97. The van der Waals surface area contributed by atoms with Crippen molar-refractivity contribution >= 4 is 23.2 Å². The molecule has 0 saturated heterocycles. The first-order valence-electron chi connectivity index (χ1n) is 4.74. The maximum absolute atomic E-state index is 11.7. The highest BCUT2D eigenvalue weighted by atomic mass is 32.2. The minimum atomic E-state index is 0.236. The minimum Gasteiger partial charge on any atom is -0.398 e. The standard InChI is InChI=1S/C11H13NOS/c1-7-5-8-10(13)3-2-4-14-11(8)9(12)6-7/h5-6H,2-4,12H2,1H3. The van der Waals surface area contributed by atoms with Crippen LogP contribution in [0.1, 0.15) is 28.8 Å². The summed E-state index contributed by atoms with van der Waals surface area (Å²) in [6, 6.07) is 3.89. The van der Waals surface area contributed by atoms with E-state index in [2.05, 4.69) is 0 Å². The first-order chi connectivity index (χ1) is 6.68. The Morgan fingerprint density at radius 1 is 1.43 bits per heavy atom. The molecule has 0 aromatic heterocycles. The number of aryl methyl sites for hydroxylation is 1. The van der Waals surface area contributed by atoms with Crippen LogP contribution in [-0.4, -0.2) is 11.5 Å². The van der Waals surface area contributed by atoms with Crippen molar-refractivity contribution in [3.63, 3.8) is 0 Å². The summed E-state index contributed by atoms with van der Waals surface area (Å²) < 4.78 is 0. The first kappa shape index (κ1) is 9.59. The quantitative estimate of drug-likeness (QED) is 0.665. The number of nitrogen functional groups attached to an aromatic ring is 1. The number of nitrogens with two attached hydrogens (primary N) is 1. The van der Waals surface area contributed by atoms with Crippen LogP contribution >= 0.6 is 11.8 Å². The number of fused-ring (bicyclic) bond motifs is 1. The van der Waals surface area contributed by atoms with Crippen LogP contribution in [-0.2, 0) is 0 Å². The summed E-state index contributed by atoms with van der Waals surface area (Å²) >= 11 is 1.70. The summed E-state index contributed by atoms with van der Waals surface area (Å²) in [4.78, 5) is 12.7. The number of anilines is 1. The molecule has 0 fully saturated rings. The second-order valence-corrected chi connectivity index (χ2v) is 4.71. The summed E-state index contributed by atoms with van der Waals surface area (Å²) in [5.74, 6) is 1.23. The molecule has 2 N–H and O–H groups in total. The Morgan fingerprint density at radius 3 is 3.00 bits per heavy atom. The molecule has 74 valence electrons. The van der Waals surface area contributed by atoms with E-state index in [0.29, 0.717) is 6.42 Å². The van der Waals surface area contributed by atoms with Gasteiger partial charge in [-0.05, 0) is 36.8 Å². The van der Waals surface area contributed by atoms with Gasteiger partial charge < -0.3 is 5.73 Å². The molecule has 1 aromatic rings. The zero-order chi connectivity index (χ0) is 10.1. The lowest BCUT2D eigenvalue weighted by Crippen LogP contribution is -2.01. The summed E-state index contributed by atoms with van der Waals surface area (Å²) in [6.07, 6.45) is 1.61. The number of benzene rings is 1. The average Bonchev–Trinajstić information content (AvgIpc) is 2.29. The van der Waals surface area contributed by atoms with Crippen molar-refractivity contribution in [3.05, 3.63) is 23.3 Å². The van der Waals surface area contributed by atoms with E-state index in [1.165, 1.54) is 0 Å². The summed E-state index contributed by atoms with van der Waals surface area (Å²) in [7, 11) is 0. The maximum Gasteiger partial charge on any atom is 0.164 e. The van der Waals surface area contributed by atoms with Crippen LogP contribution in [0.15, 0.2) is 17.0 Å². The van der Waals surface area contributed by atoms with Crippen molar-refractivity contribution in [2.45, 2.75) is 24.7 Å². The smallest absolute Gasteiger partial charge is 0.164 e. The highest BCUT2D eigenvalue weighted by molar-refractivity contribution is 7.99. The third kappa shape index (κ3) is 1.64. The zero-order valence-corrected chi connectivity index (χ0v) is 8.99. The second-order valence-electron chi connectivity index (χ2n) is 3.61. The first-order valence-corrected chi connectivity index (χ1v) is 5.73. The number of rotatable bonds is 0. The maximum atomic E-state index is 11.7. The second kappa shape index (κ2) is 3.65. The average molecular weight is 207 g/mol. The summed E-state index contributed by atoms with van der Waals surface area (Å²) in [5, 5.41) is 0. The topological polar surface area (TPSA) is 43.1 Å². The highest BCUT2D eigenvalue weighted by Gasteiger charge is 2.18. The van der Waals surface area contributed by atoms with Crippen LogP contribution < -0.4 is 5.73 Å². The molecule has 1 heterocycles. The fourth-order valence-corrected chi connectivity index (χ4v) is 2.76. The monoisotopic (exact) mass is 207 g/mol. The SMILES string of the molecule is Cc1cc(N)c2c(c1)C(=O)CCCS2. The fourth-order valence-electron chi connectivity index (χ4n) is 1.71. The van der Waals surface area contributed by atoms with E-state index in [1.807, 2.05) is 19.1 Å². The number of Topliss-reactive ketones (excluding diaryl/α,β-unsaturated/α-hetero) is 1. The lowest BCUT2D eigenvalue weighted by Gasteiger charge is -2.08. The van der Waals surface area contributed by atoms with E-state index in [-0.39, 0.29) is 5.78 Å². The van der Waals surface area contributed by atoms with Gasteiger partial charge in [0.05, 0.1) is 0 Å². The van der Waals surface area contributed by atoms with Gasteiger partial charge in [0, 0.05) is 22.6 Å². The van der Waals surface area contributed by atoms with Gasteiger partial charge >= 0.3 is 0 Å². The molecular formula is C11H13NOS. The van der Waals surface area contributed by atoms with Gasteiger partial charge in [-0.3, -0.25) is 4.79 Å². The van der Waals surface area contributed by atoms with Crippen molar-refractivity contribution in [2.24, 2.45) is 0 Å². The van der Waals surface area contributed by atoms with Crippen LogP contribution in [0.3, 0.4) is 0 Å². The Hall–Kier alpha value is -0.960. The van der Waals surface area contributed by atoms with Gasteiger partial charge in [-0.1, -0.05) is 0 Å². The van der Waals surface area contributed by atoms with Crippen molar-refractivity contribution < 1.29 is 4.79 Å². The number of carbonyl (C=O) groups is 1. The zero-order valence-electron chi connectivity index (χ0n) is 8.17. The van der Waals surface area contributed by atoms with Gasteiger partial charge in [0.25, 0.3) is 0 Å². The molecular weight excluding hydrogens is 194 g/mol. The van der Waals surface area contributed by atoms with Crippen LogP contribution in [0.4, 0.5) is 5.69 Å². The summed E-state index contributed by atoms with van der Waals surface area (Å²) in [5.41, 5.74) is 8.54. The number of ketones is 1. The molecule has 1 aliphatic heterocycles. The fraction of sp³-hybridized carbons (Fsp3) is 0.364. The number of hydrogen-bond acceptors (Lipinski definition) is 3. The lowest BCUT2D eigenvalue weighted by atomic mass is 10.0. The van der Waals surface area contributed by atoms with Crippen molar-refractivity contribution in [1.29, 1.82) is 0 Å². The van der Waals surface area contributed by atoms with Gasteiger partial charge in [0.15, 0.2) is 5.78 Å². The molecule has 14 heavy (non-hydrogen) atoms. The predicted molar refractivity (Wildman–Crippen MR) is 59.9 cm³/mol. The van der Waals surface area contributed by atoms with E-state index in [1.54, 1.807) is 11.8 Å². The van der Waals surface area contributed by atoms with E-state index in [9.17, 15) is 4.79 Å². The minimum absolute atomic E-state index is 0.236. The van der Waals surface area contributed by atoms with Crippen molar-refractivity contribution in [1.82, 2.24) is 0 Å². The molecule has 2 nitrogen and oxygen atoms in total. The molecule has 0 bridgehead atoms. The van der Waals surface area contributed by atoms with Gasteiger partial charge in [0.2, 0.25) is 0 Å². The Bertz CT molecular complexity index is 387. The molecule has 0 atom stereocenters. The van der Waals surface area contributed by atoms with Gasteiger partial charge in [-0.2, -0.15) is 0 Å². The van der Waals surface area contributed by atoms with Gasteiger partial charge in [0.1, 0.15) is 0 Å². The third-order valence-corrected chi connectivity index (χ3v) is 3.59. The number of thioether (sulfide) groups is 1. The number of carbonyl (C=O) groups excluding carboxylic acids is 1. The van der Waals surface area contributed by atoms with E-state index >= 15 is 0 Å². The molecule has 0 saturated carbocycles. The van der Waals surface area contributed by atoms with Gasteiger partial charge in [-0.15, -0.1) is 11.8 Å². The molecule has 3 heteroatoms. The molecule has 0 unspecified atom stereocenters. The Balaban J connectivity index is 2.58. The molecule has 0 amide bonds. The van der Waals surface area contributed by atoms with Crippen LogP contribution in [0.2, 0.25) is 0 Å². The van der Waals surface area contributed by atoms with Gasteiger partial charge in [-0.25, -0.2) is 0 Å². The van der Waals surface area contributed by atoms with E-state index in [0.717, 1.165) is 33.9 Å². The molecule has 0 spiro atoms. The lowest BCUT2D eigenvalue weighted by molar-refractivity contribution is 0.0980. The molecule has 1 aromatic carbocycles. The largest absolute Gasteiger partial charge is 0.398 e. The van der Waals surface area contributed by atoms with Crippen LogP contribution in [0.5, 0.6) is 0 Å². The van der Waals surface area contributed by atoms with Crippen molar-refractivity contribution in [3.8, 4) is 0 Å². The van der Waals surface area contributed by atoms with E-state index < -0.39 is 0 Å². The molecule has 1 aliphatic rings. The van der Waals surface area contributed by atoms with Crippen molar-refractivity contribution in [2.75, 3.05) is 11.5 Å². The molecule has 0 radical (unpaired) electrons. The Kier molecular flexibility index (Phi) is 2.50.